The van der Waals surface area contributed by atoms with Gasteiger partial charge in [-0.25, -0.2) is 0 Å². The first-order valence-corrected chi connectivity index (χ1v) is 7.52. The lowest BCUT2D eigenvalue weighted by atomic mass is 10.2. The van der Waals surface area contributed by atoms with Crippen LogP contribution in [0.25, 0.3) is 0 Å². The second-order valence-corrected chi connectivity index (χ2v) is 5.54. The van der Waals surface area contributed by atoms with Crippen LogP contribution in [0.3, 0.4) is 0 Å². The zero-order valence-corrected chi connectivity index (χ0v) is 12.3. The van der Waals surface area contributed by atoms with Crippen LogP contribution in [0.5, 0.6) is 5.75 Å². The van der Waals surface area contributed by atoms with E-state index in [-0.39, 0.29) is 18.3 Å². The molecule has 1 atom stereocenters. The van der Waals surface area contributed by atoms with Crippen molar-refractivity contribution in [2.24, 2.45) is 0 Å². The number of carbonyl (C=O) groups excluding carboxylic acids is 1. The predicted molar refractivity (Wildman–Crippen MR) is 75.1 cm³/mol. The van der Waals surface area contributed by atoms with E-state index in [0.717, 1.165) is 12.0 Å². The first-order chi connectivity index (χ1) is 9.51. The van der Waals surface area contributed by atoms with E-state index in [4.69, 9.17) is 4.74 Å². The minimum Gasteiger partial charge on any atom is -0.461 e. The lowest BCUT2D eigenvalue weighted by molar-refractivity contribution is -0.145. The Morgan fingerprint density at radius 3 is 2.50 bits per heavy atom. The number of benzene rings is 1. The highest BCUT2D eigenvalue weighted by Gasteiger charge is 2.08. The first kappa shape index (κ1) is 16.8. The molecule has 0 bridgehead atoms. The second-order valence-electron chi connectivity index (χ2n) is 4.27. The highest BCUT2D eigenvalue weighted by Crippen LogP contribution is 2.16. The largest absolute Gasteiger partial charge is 0.461 e. The third kappa shape index (κ3) is 6.75. The van der Waals surface area contributed by atoms with Crippen molar-refractivity contribution in [3.05, 3.63) is 29.8 Å². The van der Waals surface area contributed by atoms with Gasteiger partial charge in [-0.3, -0.25) is 4.79 Å². The molecule has 0 fully saturated rings. The van der Waals surface area contributed by atoms with Gasteiger partial charge in [0.15, 0.2) is 0 Å². The summed E-state index contributed by atoms with van der Waals surface area (Å²) in [5, 5.41) is 0.424. The second kappa shape index (κ2) is 8.79. The average molecular weight is 304 g/mol. The monoisotopic (exact) mass is 304 g/mol. The van der Waals surface area contributed by atoms with Crippen molar-refractivity contribution in [1.29, 1.82) is 0 Å². The number of thioether (sulfide) groups is 1. The Morgan fingerprint density at radius 2 is 1.95 bits per heavy atom. The first-order valence-electron chi connectivity index (χ1n) is 6.23. The maximum Gasteiger partial charge on any atom is 0.387 e. The van der Waals surface area contributed by atoms with Crippen LogP contribution in [0.1, 0.15) is 25.3 Å². The lowest BCUT2D eigenvalue weighted by Gasteiger charge is -2.09. The minimum atomic E-state index is -2.84. The van der Waals surface area contributed by atoms with Gasteiger partial charge in [0.2, 0.25) is 0 Å². The Morgan fingerprint density at radius 1 is 1.30 bits per heavy atom. The summed E-state index contributed by atoms with van der Waals surface area (Å²) in [4.78, 5) is 11.5. The Labute approximate surface area is 121 Å². The molecule has 0 spiro atoms. The van der Waals surface area contributed by atoms with Gasteiger partial charge in [0.05, 0.1) is 0 Å². The Hall–Kier alpha value is -1.30. The molecular weight excluding hydrogens is 286 g/mol. The molecule has 0 aromatic heterocycles. The Kier molecular flexibility index (Phi) is 7.36. The highest BCUT2D eigenvalue weighted by atomic mass is 32.2. The van der Waals surface area contributed by atoms with Crippen LogP contribution < -0.4 is 4.74 Å². The van der Waals surface area contributed by atoms with Gasteiger partial charge in [-0.05, 0) is 30.4 Å². The van der Waals surface area contributed by atoms with E-state index < -0.39 is 6.61 Å². The summed E-state index contributed by atoms with van der Waals surface area (Å²) in [5.41, 5.74) is 0.734. The third-order valence-corrected chi connectivity index (χ3v) is 3.75. The molecule has 20 heavy (non-hydrogen) atoms. The maximum atomic E-state index is 12.0. The van der Waals surface area contributed by atoms with Crippen molar-refractivity contribution in [1.82, 2.24) is 0 Å². The fraction of sp³-hybridized carbons (Fsp3) is 0.500. The van der Waals surface area contributed by atoms with Gasteiger partial charge in [-0.1, -0.05) is 19.1 Å². The fourth-order valence-corrected chi connectivity index (χ4v) is 1.80. The molecule has 6 heteroatoms. The molecule has 0 N–H and O–H groups in total. The van der Waals surface area contributed by atoms with Crippen LogP contribution in [0, 0.1) is 0 Å². The zero-order chi connectivity index (χ0) is 15.0. The van der Waals surface area contributed by atoms with Gasteiger partial charge in [0, 0.05) is 11.7 Å². The molecule has 1 aromatic rings. The molecule has 0 heterocycles. The van der Waals surface area contributed by atoms with Crippen molar-refractivity contribution in [3.8, 4) is 5.75 Å². The topological polar surface area (TPSA) is 35.5 Å². The van der Waals surface area contributed by atoms with Crippen molar-refractivity contribution >= 4 is 17.7 Å². The summed E-state index contributed by atoms with van der Waals surface area (Å²) < 4.78 is 33.3. The van der Waals surface area contributed by atoms with Crippen LogP contribution in [-0.2, 0) is 16.1 Å². The lowest BCUT2D eigenvalue weighted by Crippen LogP contribution is -2.07. The number of alkyl halides is 2. The van der Waals surface area contributed by atoms with Crippen LogP contribution in [0.4, 0.5) is 8.78 Å². The molecule has 1 aromatic carbocycles. The molecular formula is C14H18F2O3S. The molecule has 0 aliphatic heterocycles. The van der Waals surface area contributed by atoms with E-state index in [0.29, 0.717) is 11.7 Å². The Bertz CT molecular complexity index is 409. The smallest absolute Gasteiger partial charge is 0.387 e. The number of esters is 1. The van der Waals surface area contributed by atoms with E-state index >= 15 is 0 Å². The van der Waals surface area contributed by atoms with Crippen molar-refractivity contribution < 1.29 is 23.0 Å². The summed E-state index contributed by atoms with van der Waals surface area (Å²) in [7, 11) is 0. The molecule has 0 aliphatic rings. The third-order valence-electron chi connectivity index (χ3n) is 2.71. The van der Waals surface area contributed by atoms with E-state index in [2.05, 4.69) is 11.7 Å². The van der Waals surface area contributed by atoms with Crippen molar-refractivity contribution in [2.45, 2.75) is 38.2 Å². The van der Waals surface area contributed by atoms with E-state index in [9.17, 15) is 13.6 Å². The maximum absolute atomic E-state index is 12.0. The van der Waals surface area contributed by atoms with Gasteiger partial charge in [0.25, 0.3) is 0 Å². The molecule has 0 aliphatic carbocycles. The predicted octanol–water partition coefficient (Wildman–Crippen LogP) is 3.86. The Balaban J connectivity index is 2.32. The van der Waals surface area contributed by atoms with E-state index in [1.165, 1.54) is 12.1 Å². The average Bonchev–Trinajstić information content (AvgIpc) is 2.43. The fourth-order valence-electron chi connectivity index (χ4n) is 1.44. The van der Waals surface area contributed by atoms with Crippen LogP contribution in [-0.4, -0.2) is 24.1 Å². The molecule has 0 saturated carbocycles. The molecule has 1 unspecified atom stereocenters. The van der Waals surface area contributed by atoms with Crippen LogP contribution in [0.2, 0.25) is 0 Å². The normalized spacial score (nSPS) is 12.2. The van der Waals surface area contributed by atoms with Crippen molar-refractivity contribution in [3.63, 3.8) is 0 Å². The van der Waals surface area contributed by atoms with Crippen LogP contribution >= 0.6 is 11.8 Å². The highest BCUT2D eigenvalue weighted by molar-refractivity contribution is 7.99. The van der Waals surface area contributed by atoms with E-state index in [1.54, 1.807) is 23.9 Å². The summed E-state index contributed by atoms with van der Waals surface area (Å²) in [6.45, 7) is -0.640. The standard InChI is InChI=1S/C14H18F2O3S/c1-10(20-2)3-8-13(17)18-9-11-4-6-12(7-5-11)19-14(15)16/h4-7,10,14H,3,8-9H2,1-2H3. The number of ether oxygens (including phenoxy) is 2. The summed E-state index contributed by atoms with van der Waals surface area (Å²) in [6, 6.07) is 6.03. The molecule has 0 saturated heterocycles. The quantitative estimate of drug-likeness (QED) is 0.683. The molecule has 1 rings (SSSR count). The summed E-state index contributed by atoms with van der Waals surface area (Å²) >= 11 is 1.70. The molecule has 3 nitrogen and oxygen atoms in total. The number of rotatable bonds is 8. The molecule has 112 valence electrons. The van der Waals surface area contributed by atoms with Gasteiger partial charge in [-0.2, -0.15) is 20.5 Å². The number of carbonyl (C=O) groups is 1. The van der Waals surface area contributed by atoms with Gasteiger partial charge < -0.3 is 9.47 Å². The zero-order valence-electron chi connectivity index (χ0n) is 11.5. The SMILES string of the molecule is CSC(C)CCC(=O)OCc1ccc(OC(F)F)cc1. The van der Waals surface area contributed by atoms with Gasteiger partial charge in [-0.15, -0.1) is 0 Å². The van der Waals surface area contributed by atoms with Crippen LogP contribution in [0.15, 0.2) is 24.3 Å². The molecule has 0 amide bonds. The van der Waals surface area contributed by atoms with Crippen molar-refractivity contribution in [2.75, 3.05) is 6.26 Å². The molecule has 0 radical (unpaired) electrons. The minimum absolute atomic E-state index is 0.0869. The number of hydrogen-bond acceptors (Lipinski definition) is 4. The van der Waals surface area contributed by atoms with E-state index in [1.807, 2.05) is 6.26 Å². The van der Waals surface area contributed by atoms with Gasteiger partial charge in [0.1, 0.15) is 12.4 Å². The summed E-state index contributed by atoms with van der Waals surface area (Å²) in [5.74, 6) is -0.164. The number of hydrogen-bond donors (Lipinski definition) is 0. The number of halogens is 2. The van der Waals surface area contributed by atoms with Gasteiger partial charge >= 0.3 is 12.6 Å². The summed E-state index contributed by atoms with van der Waals surface area (Å²) in [6.07, 6.45) is 3.16.